The highest BCUT2D eigenvalue weighted by Gasteiger charge is 2.29. The van der Waals surface area contributed by atoms with Gasteiger partial charge in [-0.2, -0.15) is 5.10 Å². The maximum Gasteiger partial charge on any atom is 0.287 e. The maximum absolute atomic E-state index is 12.4. The fourth-order valence-corrected chi connectivity index (χ4v) is 4.48. The Morgan fingerprint density at radius 2 is 2.17 bits per heavy atom. The van der Waals surface area contributed by atoms with Crippen molar-refractivity contribution in [3.05, 3.63) is 21.6 Å². The van der Waals surface area contributed by atoms with Crippen LogP contribution in [0.4, 0.5) is 5.69 Å². The van der Waals surface area contributed by atoms with E-state index in [0.29, 0.717) is 5.69 Å². The van der Waals surface area contributed by atoms with Gasteiger partial charge >= 0.3 is 0 Å². The summed E-state index contributed by atoms with van der Waals surface area (Å²) in [5.74, 6) is 0.0165. The fraction of sp³-hybridized carbons (Fsp3) is 0.714. The molecular formula is C14H21ClN4O4S. The Labute approximate surface area is 145 Å². The van der Waals surface area contributed by atoms with Crippen LogP contribution in [-0.2, 0) is 14.6 Å². The molecule has 8 nitrogen and oxygen atoms in total. The molecule has 2 aliphatic heterocycles. The van der Waals surface area contributed by atoms with Crippen LogP contribution in [0.1, 0.15) is 18.9 Å². The molecule has 0 bridgehead atoms. The molecule has 24 heavy (non-hydrogen) atoms. The molecule has 0 unspecified atom stereocenters. The number of anilines is 1. The van der Waals surface area contributed by atoms with E-state index in [4.69, 9.17) is 16.3 Å². The number of nitrogens with zero attached hydrogens (tertiary/aromatic N) is 2. The molecule has 1 atom stereocenters. The Kier molecular flexibility index (Phi) is 5.43. The van der Waals surface area contributed by atoms with E-state index in [0.717, 1.165) is 25.9 Å². The predicted octanol–water partition coefficient (Wildman–Crippen LogP) is 0.0467. The third-order valence-corrected chi connectivity index (χ3v) is 6.86. The van der Waals surface area contributed by atoms with Crippen molar-refractivity contribution in [1.29, 1.82) is 0 Å². The normalized spacial score (nSPS) is 24.6. The molecule has 3 heterocycles. The van der Waals surface area contributed by atoms with Crippen LogP contribution in [0.25, 0.3) is 0 Å². The van der Waals surface area contributed by atoms with E-state index in [9.17, 15) is 13.2 Å². The molecule has 2 aliphatic rings. The van der Waals surface area contributed by atoms with Crippen molar-refractivity contribution < 1.29 is 13.2 Å². The highest BCUT2D eigenvalue weighted by atomic mass is 35.5. The summed E-state index contributed by atoms with van der Waals surface area (Å²) < 4.78 is 30.6. The number of piperidine rings is 1. The zero-order chi connectivity index (χ0) is 17.2. The number of rotatable bonds is 4. The first-order chi connectivity index (χ1) is 11.5. The van der Waals surface area contributed by atoms with E-state index in [1.54, 1.807) is 0 Å². The first kappa shape index (κ1) is 17.7. The smallest absolute Gasteiger partial charge is 0.287 e. The van der Waals surface area contributed by atoms with E-state index in [1.165, 1.54) is 10.9 Å². The molecule has 1 aromatic rings. The number of hydrogen-bond acceptors (Lipinski definition) is 7. The predicted molar refractivity (Wildman–Crippen MR) is 91.5 cm³/mol. The Balaban J connectivity index is 1.72. The molecule has 0 aromatic carbocycles. The highest BCUT2D eigenvalue weighted by Crippen LogP contribution is 2.21. The van der Waals surface area contributed by atoms with Crippen LogP contribution in [0.15, 0.2) is 11.0 Å². The second-order valence-corrected chi connectivity index (χ2v) is 8.83. The number of sulfone groups is 1. The van der Waals surface area contributed by atoms with Gasteiger partial charge in [-0.05, 0) is 25.9 Å². The lowest BCUT2D eigenvalue weighted by molar-refractivity contribution is 0.140. The summed E-state index contributed by atoms with van der Waals surface area (Å²) >= 11 is 6.17. The molecule has 0 radical (unpaired) electrons. The largest absolute Gasteiger partial charge is 0.381 e. The van der Waals surface area contributed by atoms with E-state index in [2.05, 4.69) is 15.7 Å². The van der Waals surface area contributed by atoms with E-state index < -0.39 is 15.1 Å². The summed E-state index contributed by atoms with van der Waals surface area (Å²) in [7, 11) is -3.18. The lowest BCUT2D eigenvalue weighted by Gasteiger charge is -2.25. The van der Waals surface area contributed by atoms with E-state index in [1.807, 2.05) is 0 Å². The van der Waals surface area contributed by atoms with Crippen molar-refractivity contribution in [2.45, 2.75) is 24.1 Å². The van der Waals surface area contributed by atoms with Gasteiger partial charge in [-0.25, -0.2) is 13.1 Å². The van der Waals surface area contributed by atoms with Gasteiger partial charge in [0.1, 0.15) is 10.3 Å². The monoisotopic (exact) mass is 376 g/mol. The van der Waals surface area contributed by atoms with Crippen LogP contribution >= 0.6 is 11.6 Å². The van der Waals surface area contributed by atoms with Crippen molar-refractivity contribution >= 4 is 27.1 Å². The third kappa shape index (κ3) is 3.74. The van der Waals surface area contributed by atoms with E-state index >= 15 is 0 Å². The number of halogens is 1. The molecule has 2 N–H and O–H groups in total. The second kappa shape index (κ2) is 7.38. The average Bonchev–Trinajstić information content (AvgIpc) is 2.58. The van der Waals surface area contributed by atoms with Crippen LogP contribution in [0, 0.1) is 0 Å². The molecule has 0 spiro atoms. The van der Waals surface area contributed by atoms with Gasteiger partial charge in [-0.1, -0.05) is 11.6 Å². The SMILES string of the molecule is O=c1c(Cl)c(NC[C@H]2COCCS2(=O)=O)cnn1C1CCNCC1. The highest BCUT2D eigenvalue weighted by molar-refractivity contribution is 7.92. The first-order valence-electron chi connectivity index (χ1n) is 8.00. The lowest BCUT2D eigenvalue weighted by Crippen LogP contribution is -2.41. The van der Waals surface area contributed by atoms with Crippen molar-refractivity contribution in [3.63, 3.8) is 0 Å². The van der Waals surface area contributed by atoms with Crippen LogP contribution in [0.2, 0.25) is 5.02 Å². The Hall–Kier alpha value is -1.16. The molecule has 10 heteroatoms. The van der Waals surface area contributed by atoms with Gasteiger partial charge in [0.25, 0.3) is 5.56 Å². The van der Waals surface area contributed by atoms with Crippen LogP contribution < -0.4 is 16.2 Å². The summed E-state index contributed by atoms with van der Waals surface area (Å²) in [6, 6.07) is 0.0393. The van der Waals surface area contributed by atoms with Gasteiger partial charge in [0.05, 0.1) is 36.9 Å². The maximum atomic E-state index is 12.4. The molecular weight excluding hydrogens is 356 g/mol. The van der Waals surface area contributed by atoms with Crippen molar-refractivity contribution in [1.82, 2.24) is 15.1 Å². The van der Waals surface area contributed by atoms with Gasteiger partial charge in [0, 0.05) is 6.54 Å². The van der Waals surface area contributed by atoms with Gasteiger partial charge in [-0.3, -0.25) is 4.79 Å². The lowest BCUT2D eigenvalue weighted by atomic mass is 10.1. The Morgan fingerprint density at radius 1 is 1.42 bits per heavy atom. The minimum atomic E-state index is -3.18. The van der Waals surface area contributed by atoms with Crippen LogP contribution in [0.5, 0.6) is 0 Å². The van der Waals surface area contributed by atoms with Crippen LogP contribution in [-0.4, -0.2) is 62.0 Å². The molecule has 0 aliphatic carbocycles. The zero-order valence-electron chi connectivity index (χ0n) is 13.2. The number of aromatic nitrogens is 2. The molecule has 2 saturated heterocycles. The summed E-state index contributed by atoms with van der Waals surface area (Å²) in [6.45, 7) is 2.20. The summed E-state index contributed by atoms with van der Waals surface area (Å²) in [6.07, 6.45) is 3.14. The number of ether oxygens (including phenoxy) is 1. The zero-order valence-corrected chi connectivity index (χ0v) is 14.8. The first-order valence-corrected chi connectivity index (χ1v) is 10.1. The van der Waals surface area contributed by atoms with Gasteiger partial charge in [0.2, 0.25) is 0 Å². The van der Waals surface area contributed by atoms with E-state index in [-0.39, 0.29) is 42.1 Å². The second-order valence-electron chi connectivity index (χ2n) is 6.05. The number of nitrogens with one attached hydrogen (secondary N) is 2. The van der Waals surface area contributed by atoms with Crippen molar-refractivity contribution in [2.24, 2.45) is 0 Å². The minimum absolute atomic E-state index is 0.0165. The quantitative estimate of drug-likeness (QED) is 0.765. The fourth-order valence-electron chi connectivity index (χ4n) is 2.95. The van der Waals surface area contributed by atoms with Crippen molar-refractivity contribution in [2.75, 3.05) is 43.9 Å². The molecule has 0 amide bonds. The molecule has 1 aromatic heterocycles. The topological polar surface area (TPSA) is 102 Å². The minimum Gasteiger partial charge on any atom is -0.381 e. The summed E-state index contributed by atoms with van der Waals surface area (Å²) in [5.41, 5.74) is 0.00365. The van der Waals surface area contributed by atoms with Gasteiger partial charge < -0.3 is 15.4 Å². The third-order valence-electron chi connectivity index (χ3n) is 4.44. The average molecular weight is 377 g/mol. The molecule has 3 rings (SSSR count). The Morgan fingerprint density at radius 3 is 2.88 bits per heavy atom. The van der Waals surface area contributed by atoms with Gasteiger partial charge in [0.15, 0.2) is 9.84 Å². The van der Waals surface area contributed by atoms with Gasteiger partial charge in [-0.15, -0.1) is 0 Å². The molecule has 0 saturated carbocycles. The summed E-state index contributed by atoms with van der Waals surface area (Å²) in [4.78, 5) is 12.4. The Bertz CT molecular complexity index is 746. The molecule has 2 fully saturated rings. The molecule has 134 valence electrons. The van der Waals surface area contributed by atoms with Crippen LogP contribution in [0.3, 0.4) is 0 Å². The van der Waals surface area contributed by atoms with Crippen molar-refractivity contribution in [3.8, 4) is 0 Å². The standard InChI is InChI=1S/C14H21ClN4O4S/c15-13-12(17-7-11-9-23-5-6-24(11,21)22)8-18-19(14(13)20)10-1-3-16-4-2-10/h8,10-11,16-17H,1-7,9H2/t11-/m0/s1. The summed E-state index contributed by atoms with van der Waals surface area (Å²) in [5, 5.41) is 9.77. The number of hydrogen-bond donors (Lipinski definition) is 2.